The Morgan fingerprint density at radius 3 is 2.63 bits per heavy atom. The van der Waals surface area contributed by atoms with Gasteiger partial charge in [0.1, 0.15) is 5.82 Å². The lowest BCUT2D eigenvalue weighted by Gasteiger charge is -2.17. The molecule has 1 aromatic rings. The van der Waals surface area contributed by atoms with Crippen molar-refractivity contribution in [2.45, 2.75) is 32.6 Å². The average Bonchev–Trinajstić information content (AvgIpc) is 2.91. The van der Waals surface area contributed by atoms with Crippen LogP contribution in [0.3, 0.4) is 0 Å². The fourth-order valence-corrected chi connectivity index (χ4v) is 3.36. The molecule has 0 radical (unpaired) electrons. The van der Waals surface area contributed by atoms with Gasteiger partial charge in [0.25, 0.3) is 0 Å². The van der Waals surface area contributed by atoms with Crippen molar-refractivity contribution in [1.29, 1.82) is 0 Å². The van der Waals surface area contributed by atoms with E-state index in [1.807, 2.05) is 13.0 Å². The van der Waals surface area contributed by atoms with Gasteiger partial charge in [0.15, 0.2) is 0 Å². The maximum Gasteiger partial charge on any atom is 0.233 e. The molecule has 1 saturated heterocycles. The van der Waals surface area contributed by atoms with Crippen LogP contribution in [0.25, 0.3) is 0 Å². The summed E-state index contributed by atoms with van der Waals surface area (Å²) in [4.78, 5) is 6.45. The van der Waals surface area contributed by atoms with E-state index in [0.29, 0.717) is 12.2 Å². The first-order valence-corrected chi connectivity index (χ1v) is 8.47. The van der Waals surface area contributed by atoms with Crippen molar-refractivity contribution in [1.82, 2.24) is 4.98 Å². The minimum atomic E-state index is -3.25. The summed E-state index contributed by atoms with van der Waals surface area (Å²) in [6, 6.07) is 3.66. The summed E-state index contributed by atoms with van der Waals surface area (Å²) < 4.78 is 26.0. The van der Waals surface area contributed by atoms with E-state index in [-0.39, 0.29) is 5.75 Å². The molecular weight excluding hydrogens is 262 g/mol. The number of anilines is 2. The first-order valence-electron chi connectivity index (χ1n) is 6.82. The van der Waals surface area contributed by atoms with Gasteiger partial charge in [0.05, 0.1) is 17.6 Å². The van der Waals surface area contributed by atoms with Crippen molar-refractivity contribution >= 4 is 21.5 Å². The number of unbranched alkanes of at least 4 members (excludes halogenated alkanes) is 1. The predicted octanol–water partition coefficient (Wildman–Crippen LogP) is 2.22. The predicted molar refractivity (Wildman–Crippen MR) is 78.0 cm³/mol. The smallest absolute Gasteiger partial charge is 0.233 e. The summed E-state index contributed by atoms with van der Waals surface area (Å²) in [5.74, 6) is 0.554. The summed E-state index contributed by atoms with van der Waals surface area (Å²) in [7, 11) is -3.25. The van der Waals surface area contributed by atoms with Crippen LogP contribution in [0, 0.1) is 0 Å². The maximum absolute atomic E-state index is 11.7. The Bertz CT molecular complexity index is 493. The maximum atomic E-state index is 11.7. The van der Waals surface area contributed by atoms with Crippen molar-refractivity contribution in [3.63, 3.8) is 0 Å². The Morgan fingerprint density at radius 1 is 1.32 bits per heavy atom. The van der Waals surface area contributed by atoms with Crippen molar-refractivity contribution < 1.29 is 8.42 Å². The number of pyridine rings is 1. The van der Waals surface area contributed by atoms with Crippen molar-refractivity contribution in [2.75, 3.05) is 28.5 Å². The highest BCUT2D eigenvalue weighted by Gasteiger charge is 2.14. The number of hydrogen-bond donors (Lipinski definition) is 1. The van der Waals surface area contributed by atoms with E-state index >= 15 is 0 Å². The molecule has 2 heterocycles. The number of aromatic nitrogens is 1. The van der Waals surface area contributed by atoms with Crippen LogP contribution in [0.1, 0.15) is 32.6 Å². The highest BCUT2D eigenvalue weighted by atomic mass is 32.2. The summed E-state index contributed by atoms with van der Waals surface area (Å²) in [5, 5.41) is 0. The summed E-state index contributed by atoms with van der Waals surface area (Å²) >= 11 is 0. The normalized spacial score (nSPS) is 15.7. The molecule has 6 heteroatoms. The molecule has 0 unspecified atom stereocenters. The van der Waals surface area contributed by atoms with Crippen molar-refractivity contribution in [2.24, 2.45) is 0 Å². The third-order valence-corrected chi connectivity index (χ3v) is 4.59. The Labute approximate surface area is 115 Å². The highest BCUT2D eigenvalue weighted by Crippen LogP contribution is 2.20. The zero-order valence-electron chi connectivity index (χ0n) is 11.3. The Hall–Kier alpha value is -1.30. The van der Waals surface area contributed by atoms with Gasteiger partial charge in [-0.2, -0.15) is 0 Å². The Morgan fingerprint density at radius 2 is 2.05 bits per heavy atom. The van der Waals surface area contributed by atoms with Gasteiger partial charge in [0.2, 0.25) is 10.0 Å². The highest BCUT2D eigenvalue weighted by molar-refractivity contribution is 7.92. The monoisotopic (exact) mass is 283 g/mol. The number of nitrogens with zero attached hydrogens (tertiary/aromatic N) is 2. The van der Waals surface area contributed by atoms with Gasteiger partial charge in [-0.1, -0.05) is 13.3 Å². The molecule has 1 aromatic heterocycles. The zero-order valence-corrected chi connectivity index (χ0v) is 12.1. The van der Waals surface area contributed by atoms with E-state index in [1.165, 1.54) is 12.8 Å². The molecule has 5 nitrogen and oxygen atoms in total. The van der Waals surface area contributed by atoms with Gasteiger partial charge in [0, 0.05) is 13.1 Å². The average molecular weight is 283 g/mol. The Kier molecular flexibility index (Phi) is 4.63. The van der Waals surface area contributed by atoms with E-state index in [1.54, 1.807) is 12.3 Å². The van der Waals surface area contributed by atoms with Crippen LogP contribution in [0.2, 0.25) is 0 Å². The summed E-state index contributed by atoms with van der Waals surface area (Å²) in [5.41, 5.74) is 1.06. The van der Waals surface area contributed by atoms with Crippen LogP contribution in [0.5, 0.6) is 0 Å². The van der Waals surface area contributed by atoms with E-state index in [9.17, 15) is 8.42 Å². The molecule has 1 aliphatic heterocycles. The van der Waals surface area contributed by atoms with E-state index in [0.717, 1.165) is 25.2 Å². The molecule has 19 heavy (non-hydrogen) atoms. The van der Waals surface area contributed by atoms with Crippen molar-refractivity contribution in [3.05, 3.63) is 18.3 Å². The van der Waals surface area contributed by atoms with Crippen LogP contribution in [0.4, 0.5) is 11.5 Å². The number of sulfonamides is 1. The molecule has 0 bridgehead atoms. The lowest BCUT2D eigenvalue weighted by molar-refractivity contribution is 0.597. The molecule has 0 spiro atoms. The van der Waals surface area contributed by atoms with Crippen LogP contribution in [-0.2, 0) is 10.0 Å². The van der Waals surface area contributed by atoms with Crippen LogP contribution >= 0.6 is 0 Å². The van der Waals surface area contributed by atoms with Gasteiger partial charge in [-0.15, -0.1) is 0 Å². The molecule has 1 fully saturated rings. The van der Waals surface area contributed by atoms with Gasteiger partial charge < -0.3 is 4.90 Å². The van der Waals surface area contributed by atoms with E-state index in [4.69, 9.17) is 0 Å². The third-order valence-electron chi connectivity index (χ3n) is 3.25. The quantitative estimate of drug-likeness (QED) is 0.869. The second-order valence-electron chi connectivity index (χ2n) is 4.87. The van der Waals surface area contributed by atoms with Gasteiger partial charge in [-0.05, 0) is 31.4 Å². The lowest BCUT2D eigenvalue weighted by Crippen LogP contribution is -2.19. The molecular formula is C13H21N3O2S. The minimum Gasteiger partial charge on any atom is -0.370 e. The molecule has 0 atom stereocenters. The van der Waals surface area contributed by atoms with Crippen molar-refractivity contribution in [3.8, 4) is 0 Å². The van der Waals surface area contributed by atoms with Gasteiger partial charge in [-0.3, -0.25) is 4.72 Å². The first kappa shape index (κ1) is 14.1. The lowest BCUT2D eigenvalue weighted by atomic mass is 10.4. The second kappa shape index (κ2) is 6.23. The third kappa shape index (κ3) is 4.09. The van der Waals surface area contributed by atoms with Gasteiger partial charge >= 0.3 is 0 Å². The standard InChI is InChI=1S/C13H21N3O2S/c1-2-3-10-19(17,18)15-13-7-6-12(11-14-13)16-8-4-5-9-16/h6-7,11H,2-5,8-10H2,1H3,(H,14,15). The molecule has 1 aliphatic rings. The molecule has 0 aliphatic carbocycles. The zero-order chi connectivity index (χ0) is 13.7. The SMILES string of the molecule is CCCCS(=O)(=O)Nc1ccc(N2CCCC2)cn1. The fraction of sp³-hybridized carbons (Fsp3) is 0.615. The number of nitrogens with one attached hydrogen (secondary N) is 1. The first-order chi connectivity index (χ1) is 9.11. The van der Waals surface area contributed by atoms with E-state index in [2.05, 4.69) is 14.6 Å². The Balaban J connectivity index is 1.98. The van der Waals surface area contributed by atoms with Crippen LogP contribution in [0.15, 0.2) is 18.3 Å². The molecule has 0 amide bonds. The van der Waals surface area contributed by atoms with Gasteiger partial charge in [-0.25, -0.2) is 13.4 Å². The summed E-state index contributed by atoms with van der Waals surface area (Å²) in [6.07, 6.45) is 5.70. The topological polar surface area (TPSA) is 62.3 Å². The molecule has 0 aromatic carbocycles. The van der Waals surface area contributed by atoms with Crippen LogP contribution < -0.4 is 9.62 Å². The molecule has 106 valence electrons. The van der Waals surface area contributed by atoms with Crippen LogP contribution in [-0.4, -0.2) is 32.2 Å². The second-order valence-corrected chi connectivity index (χ2v) is 6.71. The number of rotatable bonds is 6. The molecule has 1 N–H and O–H groups in total. The molecule has 0 saturated carbocycles. The summed E-state index contributed by atoms with van der Waals surface area (Å²) in [6.45, 7) is 4.09. The fourth-order valence-electron chi connectivity index (χ4n) is 2.15. The number of hydrogen-bond acceptors (Lipinski definition) is 4. The largest absolute Gasteiger partial charge is 0.370 e. The minimum absolute atomic E-state index is 0.152. The van der Waals surface area contributed by atoms with E-state index < -0.39 is 10.0 Å². The molecule has 2 rings (SSSR count).